The molecule has 0 aliphatic rings. The third-order valence-electron chi connectivity index (χ3n) is 5.14. The van der Waals surface area contributed by atoms with Crippen molar-refractivity contribution in [3.05, 3.63) is 78.1 Å². The molecule has 3 N–H and O–H groups in total. The fourth-order valence-corrected chi connectivity index (χ4v) is 3.56. The van der Waals surface area contributed by atoms with Gasteiger partial charge in [-0.2, -0.15) is 5.48 Å². The van der Waals surface area contributed by atoms with E-state index in [2.05, 4.69) is 10.5 Å². The minimum atomic E-state index is -0.692. The first-order valence-corrected chi connectivity index (χ1v) is 9.88. The number of nitrogens with zero attached hydrogens (tertiary/aromatic N) is 2. The van der Waals surface area contributed by atoms with Gasteiger partial charge in [-0.15, -0.1) is 0 Å². The summed E-state index contributed by atoms with van der Waals surface area (Å²) in [7, 11) is 3.05. The molecule has 162 valence electrons. The Morgan fingerprint density at radius 3 is 2.25 bits per heavy atom. The number of methoxy groups -OCH3 is 1. The number of fused-ring (bicyclic) bond motifs is 1. The Bertz CT molecular complexity index is 1240. The molecule has 0 saturated heterocycles. The van der Waals surface area contributed by atoms with E-state index in [0.29, 0.717) is 23.1 Å². The molecule has 0 spiro atoms. The summed E-state index contributed by atoms with van der Waals surface area (Å²) in [5.74, 6) is -0.428. The van der Waals surface area contributed by atoms with Crippen LogP contribution in [0.5, 0.6) is 5.75 Å². The highest BCUT2D eigenvalue weighted by atomic mass is 16.6. The monoisotopic (exact) mass is 430 g/mol. The van der Waals surface area contributed by atoms with Crippen LogP contribution < -0.4 is 15.7 Å². The molecule has 2 heterocycles. The van der Waals surface area contributed by atoms with E-state index in [1.807, 2.05) is 48.5 Å². The van der Waals surface area contributed by atoms with Gasteiger partial charge in [0.25, 0.3) is 5.91 Å². The summed E-state index contributed by atoms with van der Waals surface area (Å²) < 4.78 is 5.54. The summed E-state index contributed by atoms with van der Waals surface area (Å²) >= 11 is 0. The van der Waals surface area contributed by atoms with Crippen LogP contribution in [0.1, 0.15) is 15.9 Å². The molecule has 4 rings (SSSR count). The molecule has 0 aliphatic carbocycles. The Morgan fingerprint density at radius 1 is 0.969 bits per heavy atom. The normalized spacial score (nSPS) is 10.8. The number of aromatic nitrogens is 2. The van der Waals surface area contributed by atoms with Crippen LogP contribution in [0.25, 0.3) is 33.3 Å². The number of nitrogens with one attached hydrogen (secondary N) is 2. The van der Waals surface area contributed by atoms with E-state index in [4.69, 9.17) is 14.6 Å². The summed E-state index contributed by atoms with van der Waals surface area (Å²) in [6, 6.07) is 17.7. The van der Waals surface area contributed by atoms with Crippen molar-refractivity contribution in [2.24, 2.45) is 0 Å². The molecule has 1 amide bonds. The summed E-state index contributed by atoms with van der Waals surface area (Å²) in [6.45, 7) is 0.627. The number of pyridine rings is 2. The first kappa shape index (κ1) is 21.4. The molecule has 4 aromatic rings. The molecule has 32 heavy (non-hydrogen) atoms. The highest BCUT2D eigenvalue weighted by molar-refractivity contribution is 6.09. The smallest absolute Gasteiger partial charge is 0.279 e. The second-order valence-electron chi connectivity index (χ2n) is 7.00. The first-order valence-electron chi connectivity index (χ1n) is 9.88. The second-order valence-corrected chi connectivity index (χ2v) is 7.00. The lowest BCUT2D eigenvalue weighted by Gasteiger charge is -2.15. The Morgan fingerprint density at radius 2 is 1.62 bits per heavy atom. The van der Waals surface area contributed by atoms with Gasteiger partial charge in [-0.1, -0.05) is 48.5 Å². The van der Waals surface area contributed by atoms with Gasteiger partial charge in [0.2, 0.25) is 0 Å². The van der Waals surface area contributed by atoms with Crippen molar-refractivity contribution >= 4 is 16.8 Å². The number of carbonyl (C=O) groups excluding carboxylic acids is 1. The van der Waals surface area contributed by atoms with Crippen LogP contribution in [-0.2, 0) is 11.4 Å². The Kier molecular flexibility index (Phi) is 6.37. The van der Waals surface area contributed by atoms with Gasteiger partial charge in [-0.25, -0.2) is 10.5 Å². The fraction of sp³-hybridized carbons (Fsp3) is 0.125. The molecule has 2 aromatic heterocycles. The maximum absolute atomic E-state index is 12.4. The van der Waals surface area contributed by atoms with Crippen LogP contribution in [-0.4, -0.2) is 35.3 Å². The van der Waals surface area contributed by atoms with Gasteiger partial charge < -0.3 is 9.57 Å². The molecule has 8 nitrogen and oxygen atoms in total. The van der Waals surface area contributed by atoms with Crippen molar-refractivity contribution in [1.82, 2.24) is 20.9 Å². The van der Waals surface area contributed by atoms with E-state index in [-0.39, 0.29) is 11.3 Å². The zero-order valence-corrected chi connectivity index (χ0v) is 17.6. The topological polar surface area (TPSA) is 106 Å². The van der Waals surface area contributed by atoms with Crippen molar-refractivity contribution in [1.29, 1.82) is 0 Å². The van der Waals surface area contributed by atoms with E-state index < -0.39 is 5.91 Å². The van der Waals surface area contributed by atoms with Crippen molar-refractivity contribution in [2.75, 3.05) is 14.2 Å². The Labute approximate surface area is 184 Å². The zero-order chi connectivity index (χ0) is 22.5. The molecule has 0 bridgehead atoms. The van der Waals surface area contributed by atoms with E-state index in [9.17, 15) is 10.0 Å². The lowest BCUT2D eigenvalue weighted by molar-refractivity contribution is 0.0705. The highest BCUT2D eigenvalue weighted by Crippen LogP contribution is 2.36. The third kappa shape index (κ3) is 4.15. The first-order chi connectivity index (χ1) is 15.7. The van der Waals surface area contributed by atoms with Crippen molar-refractivity contribution in [3.63, 3.8) is 0 Å². The molecule has 8 heteroatoms. The predicted molar refractivity (Wildman–Crippen MR) is 120 cm³/mol. The number of ether oxygens (including phenoxy) is 1. The maximum atomic E-state index is 12.4. The van der Waals surface area contributed by atoms with E-state index in [1.54, 1.807) is 24.9 Å². The largest absolute Gasteiger partial charge is 0.494 e. The van der Waals surface area contributed by atoms with E-state index in [0.717, 1.165) is 22.3 Å². The number of rotatable bonds is 7. The van der Waals surface area contributed by atoms with Gasteiger partial charge in [-0.3, -0.25) is 15.0 Å². The zero-order valence-electron chi connectivity index (χ0n) is 17.6. The summed E-state index contributed by atoms with van der Waals surface area (Å²) in [5.41, 5.74) is 9.75. The van der Waals surface area contributed by atoms with Crippen LogP contribution in [0.3, 0.4) is 0 Å². The van der Waals surface area contributed by atoms with Gasteiger partial charge in [0.15, 0.2) is 5.75 Å². The third-order valence-corrected chi connectivity index (χ3v) is 5.14. The molecule has 0 atom stereocenters. The van der Waals surface area contributed by atoms with Gasteiger partial charge in [0.05, 0.1) is 25.3 Å². The predicted octanol–water partition coefficient (Wildman–Crippen LogP) is 3.74. The van der Waals surface area contributed by atoms with Gasteiger partial charge in [0, 0.05) is 29.9 Å². The van der Waals surface area contributed by atoms with Crippen LogP contribution in [0.15, 0.2) is 67.0 Å². The van der Waals surface area contributed by atoms with Crippen LogP contribution >= 0.6 is 0 Å². The van der Waals surface area contributed by atoms with Gasteiger partial charge >= 0.3 is 0 Å². The molecular formula is C24H22N4O4. The number of hydrogen-bond acceptors (Lipinski definition) is 7. The van der Waals surface area contributed by atoms with Crippen molar-refractivity contribution in [3.8, 4) is 28.1 Å². The number of carbonyl (C=O) groups is 1. The van der Waals surface area contributed by atoms with Crippen molar-refractivity contribution < 1.29 is 19.6 Å². The average Bonchev–Trinajstić information content (AvgIpc) is 2.86. The van der Waals surface area contributed by atoms with E-state index >= 15 is 0 Å². The number of hydroxylamine groups is 2. The number of benzene rings is 2. The quantitative estimate of drug-likeness (QED) is 0.303. The molecule has 0 saturated carbocycles. The fourth-order valence-electron chi connectivity index (χ4n) is 3.56. The summed E-state index contributed by atoms with van der Waals surface area (Å²) in [4.78, 5) is 26.1. The molecular weight excluding hydrogens is 408 g/mol. The van der Waals surface area contributed by atoms with E-state index in [1.165, 1.54) is 13.3 Å². The molecule has 0 unspecified atom stereocenters. The second kappa shape index (κ2) is 9.52. The Balaban J connectivity index is 1.74. The molecule has 0 fully saturated rings. The van der Waals surface area contributed by atoms with Gasteiger partial charge in [0.1, 0.15) is 5.69 Å². The molecule has 2 aromatic carbocycles. The standard InChI is InChI=1S/C24H22N4O4/c1-31-23-21(24(29)28-30)19-14-25-12-11-20(19)27-22(23)18-9-7-17(8-10-18)16-5-3-15(4-6-16)13-26-32-2/h3-12,14,26,30H,13H2,1-2H3,(H,28,29). The van der Waals surface area contributed by atoms with Crippen LogP contribution in [0.2, 0.25) is 0 Å². The Hall–Kier alpha value is -3.85. The van der Waals surface area contributed by atoms with Gasteiger partial charge in [-0.05, 0) is 22.8 Å². The number of hydrogen-bond donors (Lipinski definition) is 3. The summed E-state index contributed by atoms with van der Waals surface area (Å²) in [5, 5.41) is 9.74. The van der Waals surface area contributed by atoms with Crippen molar-refractivity contribution in [2.45, 2.75) is 6.54 Å². The van der Waals surface area contributed by atoms with Crippen LogP contribution in [0, 0.1) is 0 Å². The maximum Gasteiger partial charge on any atom is 0.279 e. The highest BCUT2D eigenvalue weighted by Gasteiger charge is 2.22. The minimum absolute atomic E-state index is 0.174. The number of amides is 1. The lowest BCUT2D eigenvalue weighted by atomic mass is 9.99. The minimum Gasteiger partial charge on any atom is -0.494 e. The molecule has 0 radical (unpaired) electrons. The average molecular weight is 430 g/mol. The van der Waals surface area contributed by atoms with Crippen LogP contribution in [0.4, 0.5) is 0 Å². The summed E-state index contributed by atoms with van der Waals surface area (Å²) in [6.07, 6.45) is 3.12. The lowest BCUT2D eigenvalue weighted by Crippen LogP contribution is -2.20. The SMILES string of the molecule is CONCc1ccc(-c2ccc(-c3nc4ccncc4c(C(=O)NO)c3OC)cc2)cc1. The molecule has 0 aliphatic heterocycles.